The van der Waals surface area contributed by atoms with Crippen LogP contribution in [0.5, 0.6) is 0 Å². The third-order valence-corrected chi connectivity index (χ3v) is 6.53. The molecule has 1 amide bonds. The number of piperazine rings is 1. The molecular weight excluding hydrogens is 334 g/mol. The molecule has 0 unspecified atom stereocenters. The van der Waals surface area contributed by atoms with Gasteiger partial charge in [0, 0.05) is 61.4 Å². The highest BCUT2D eigenvalue weighted by Crippen LogP contribution is 2.27. The molecule has 2 heterocycles. The standard InChI is InChI=1S/C23H33N3O/c1-18(2)24-12-14-25(15-13-24)23(27)21-8-9-22-20(16-21)10-11-26(22)17-19-6-4-3-5-7-19/h8-11,16,18-19H,3-7,12-15,17H2,1-2H3. The average Bonchev–Trinajstić information content (AvgIpc) is 3.10. The maximum absolute atomic E-state index is 12.9. The Hall–Kier alpha value is -1.81. The molecule has 1 aromatic carbocycles. The minimum Gasteiger partial charge on any atom is -0.347 e. The van der Waals surface area contributed by atoms with E-state index >= 15 is 0 Å². The predicted molar refractivity (Wildman–Crippen MR) is 111 cm³/mol. The van der Waals surface area contributed by atoms with Gasteiger partial charge in [0.25, 0.3) is 5.91 Å². The molecule has 1 aliphatic carbocycles. The molecule has 0 spiro atoms. The van der Waals surface area contributed by atoms with E-state index in [1.54, 1.807) is 0 Å². The van der Waals surface area contributed by atoms with Crippen LogP contribution in [0.3, 0.4) is 0 Å². The van der Waals surface area contributed by atoms with Gasteiger partial charge < -0.3 is 9.47 Å². The SMILES string of the molecule is CC(C)N1CCN(C(=O)c2ccc3c(ccn3CC3CCCCC3)c2)CC1. The van der Waals surface area contributed by atoms with Crippen LogP contribution in [0.15, 0.2) is 30.5 Å². The Kier molecular flexibility index (Phi) is 5.53. The van der Waals surface area contributed by atoms with Gasteiger partial charge >= 0.3 is 0 Å². The molecule has 1 aliphatic heterocycles. The molecule has 0 radical (unpaired) electrons. The summed E-state index contributed by atoms with van der Waals surface area (Å²) in [4.78, 5) is 17.4. The van der Waals surface area contributed by atoms with E-state index in [9.17, 15) is 4.79 Å². The third kappa shape index (κ3) is 4.06. The van der Waals surface area contributed by atoms with E-state index in [2.05, 4.69) is 47.7 Å². The number of carbonyl (C=O) groups is 1. The number of fused-ring (bicyclic) bond motifs is 1. The molecule has 0 atom stereocenters. The van der Waals surface area contributed by atoms with E-state index in [4.69, 9.17) is 0 Å². The van der Waals surface area contributed by atoms with Gasteiger partial charge in [-0.05, 0) is 56.9 Å². The van der Waals surface area contributed by atoms with Gasteiger partial charge in [-0.25, -0.2) is 0 Å². The largest absolute Gasteiger partial charge is 0.347 e. The number of rotatable bonds is 4. The molecule has 1 aromatic heterocycles. The Morgan fingerprint density at radius 2 is 1.78 bits per heavy atom. The predicted octanol–water partition coefficient (Wildman–Crippen LogP) is 4.39. The lowest BCUT2D eigenvalue weighted by Gasteiger charge is -2.37. The van der Waals surface area contributed by atoms with E-state index in [0.717, 1.165) is 44.2 Å². The highest BCUT2D eigenvalue weighted by molar-refractivity contribution is 5.98. The van der Waals surface area contributed by atoms with Crippen molar-refractivity contribution in [2.24, 2.45) is 5.92 Å². The molecule has 0 N–H and O–H groups in total. The monoisotopic (exact) mass is 367 g/mol. The van der Waals surface area contributed by atoms with Gasteiger partial charge in [-0.3, -0.25) is 9.69 Å². The van der Waals surface area contributed by atoms with Gasteiger partial charge in [0.15, 0.2) is 0 Å². The zero-order valence-electron chi connectivity index (χ0n) is 16.9. The van der Waals surface area contributed by atoms with Crippen molar-refractivity contribution in [1.82, 2.24) is 14.4 Å². The van der Waals surface area contributed by atoms with Crippen LogP contribution in [0.25, 0.3) is 10.9 Å². The van der Waals surface area contributed by atoms with Gasteiger partial charge in [-0.15, -0.1) is 0 Å². The fourth-order valence-electron chi connectivity index (χ4n) is 4.76. The number of aromatic nitrogens is 1. The van der Waals surface area contributed by atoms with Gasteiger partial charge in [0.05, 0.1) is 0 Å². The molecule has 4 heteroatoms. The normalized spacial score (nSPS) is 19.9. The van der Waals surface area contributed by atoms with Crippen molar-refractivity contribution in [3.63, 3.8) is 0 Å². The second kappa shape index (κ2) is 8.05. The van der Waals surface area contributed by atoms with E-state index < -0.39 is 0 Å². The smallest absolute Gasteiger partial charge is 0.253 e. The number of nitrogens with zero attached hydrogens (tertiary/aromatic N) is 3. The van der Waals surface area contributed by atoms with Crippen molar-refractivity contribution in [2.75, 3.05) is 26.2 Å². The van der Waals surface area contributed by atoms with Crippen LogP contribution >= 0.6 is 0 Å². The van der Waals surface area contributed by atoms with E-state index in [1.165, 1.54) is 43.0 Å². The topological polar surface area (TPSA) is 28.5 Å². The summed E-state index contributed by atoms with van der Waals surface area (Å²) in [5.74, 6) is 0.994. The summed E-state index contributed by atoms with van der Waals surface area (Å²) < 4.78 is 2.39. The zero-order chi connectivity index (χ0) is 18.8. The molecule has 27 heavy (non-hydrogen) atoms. The first kappa shape index (κ1) is 18.5. The fraction of sp³-hybridized carbons (Fsp3) is 0.609. The molecule has 1 saturated carbocycles. The second-order valence-electron chi connectivity index (χ2n) is 8.67. The summed E-state index contributed by atoms with van der Waals surface area (Å²) in [5, 5.41) is 1.19. The second-order valence-corrected chi connectivity index (χ2v) is 8.67. The number of carbonyl (C=O) groups excluding carboxylic acids is 1. The van der Waals surface area contributed by atoms with Crippen LogP contribution in [-0.4, -0.2) is 52.5 Å². The number of hydrogen-bond acceptors (Lipinski definition) is 2. The molecule has 4 rings (SSSR count). The molecule has 2 aliphatic rings. The lowest BCUT2D eigenvalue weighted by molar-refractivity contribution is 0.0595. The summed E-state index contributed by atoms with van der Waals surface area (Å²) in [6.07, 6.45) is 9.09. The van der Waals surface area contributed by atoms with Crippen molar-refractivity contribution in [2.45, 2.75) is 58.5 Å². The van der Waals surface area contributed by atoms with Crippen LogP contribution in [0.2, 0.25) is 0 Å². The Morgan fingerprint density at radius 1 is 1.04 bits per heavy atom. The van der Waals surface area contributed by atoms with Gasteiger partial charge in [0.2, 0.25) is 0 Å². The Morgan fingerprint density at radius 3 is 2.48 bits per heavy atom. The van der Waals surface area contributed by atoms with Crippen LogP contribution < -0.4 is 0 Å². The first-order valence-electron chi connectivity index (χ1n) is 10.7. The van der Waals surface area contributed by atoms with Crippen LogP contribution in [-0.2, 0) is 6.54 Å². The van der Waals surface area contributed by atoms with Crippen molar-refractivity contribution in [3.8, 4) is 0 Å². The van der Waals surface area contributed by atoms with Gasteiger partial charge in [-0.2, -0.15) is 0 Å². The first-order valence-corrected chi connectivity index (χ1v) is 10.7. The summed E-state index contributed by atoms with van der Waals surface area (Å²) in [6.45, 7) is 9.18. The Bertz CT molecular complexity index is 780. The number of benzene rings is 1. The maximum Gasteiger partial charge on any atom is 0.253 e. The highest BCUT2D eigenvalue weighted by Gasteiger charge is 2.23. The molecule has 0 bridgehead atoms. The fourth-order valence-corrected chi connectivity index (χ4v) is 4.76. The summed E-state index contributed by atoms with van der Waals surface area (Å²) >= 11 is 0. The third-order valence-electron chi connectivity index (χ3n) is 6.53. The first-order chi connectivity index (χ1) is 13.1. The van der Waals surface area contributed by atoms with E-state index in [0.29, 0.717) is 6.04 Å². The van der Waals surface area contributed by atoms with Crippen LogP contribution in [0, 0.1) is 5.92 Å². The van der Waals surface area contributed by atoms with Crippen LogP contribution in [0.1, 0.15) is 56.3 Å². The van der Waals surface area contributed by atoms with Crippen molar-refractivity contribution >= 4 is 16.8 Å². The quantitative estimate of drug-likeness (QED) is 0.802. The van der Waals surface area contributed by atoms with Crippen molar-refractivity contribution < 1.29 is 4.79 Å². The molecule has 2 aromatic rings. The molecule has 4 nitrogen and oxygen atoms in total. The van der Waals surface area contributed by atoms with E-state index in [-0.39, 0.29) is 5.91 Å². The number of amides is 1. The Labute approximate surface area is 163 Å². The van der Waals surface area contributed by atoms with Gasteiger partial charge in [-0.1, -0.05) is 19.3 Å². The molecule has 1 saturated heterocycles. The Balaban J connectivity index is 1.45. The minimum atomic E-state index is 0.181. The maximum atomic E-state index is 12.9. The summed E-state index contributed by atoms with van der Waals surface area (Å²) in [6, 6.07) is 8.99. The molecule has 2 fully saturated rings. The number of hydrogen-bond donors (Lipinski definition) is 0. The van der Waals surface area contributed by atoms with Gasteiger partial charge in [0.1, 0.15) is 0 Å². The minimum absolute atomic E-state index is 0.181. The van der Waals surface area contributed by atoms with Crippen molar-refractivity contribution in [3.05, 3.63) is 36.0 Å². The molecular formula is C23H33N3O. The summed E-state index contributed by atoms with van der Waals surface area (Å²) in [7, 11) is 0. The van der Waals surface area contributed by atoms with Crippen LogP contribution in [0.4, 0.5) is 0 Å². The lowest BCUT2D eigenvalue weighted by atomic mass is 9.89. The average molecular weight is 368 g/mol. The molecule has 146 valence electrons. The zero-order valence-corrected chi connectivity index (χ0v) is 16.9. The lowest BCUT2D eigenvalue weighted by Crippen LogP contribution is -2.50. The highest BCUT2D eigenvalue weighted by atomic mass is 16.2. The van der Waals surface area contributed by atoms with Crippen molar-refractivity contribution in [1.29, 1.82) is 0 Å². The van der Waals surface area contributed by atoms with E-state index in [1.807, 2.05) is 11.0 Å². The summed E-state index contributed by atoms with van der Waals surface area (Å²) in [5.41, 5.74) is 2.10.